The summed E-state index contributed by atoms with van der Waals surface area (Å²) < 4.78 is 62.1. The smallest absolute Gasteiger partial charge is 0.404 e. The van der Waals surface area contributed by atoms with Crippen LogP contribution in [-0.4, -0.2) is 23.5 Å². The molecule has 2 aromatic carbocycles. The Kier molecular flexibility index (Phi) is 8.23. The molecule has 1 aliphatic carbocycles. The van der Waals surface area contributed by atoms with Gasteiger partial charge in [0.1, 0.15) is 22.2 Å². The van der Waals surface area contributed by atoms with E-state index in [-0.39, 0.29) is 43.9 Å². The molecule has 5 atom stereocenters. The Morgan fingerprint density at radius 2 is 1.72 bits per heavy atom. The highest BCUT2D eigenvalue weighted by Gasteiger charge is 2.82. The van der Waals surface area contributed by atoms with Crippen LogP contribution in [0.25, 0.3) is 0 Å². The van der Waals surface area contributed by atoms with Crippen molar-refractivity contribution in [2.45, 2.75) is 63.6 Å². The van der Waals surface area contributed by atoms with Gasteiger partial charge in [-0.2, -0.15) is 13.2 Å². The molecular formula is C28H27BrCl3F4NO2. The van der Waals surface area contributed by atoms with Gasteiger partial charge in [-0.05, 0) is 81.9 Å². The second kappa shape index (κ2) is 10.5. The Morgan fingerprint density at radius 3 is 2.21 bits per heavy atom. The summed E-state index contributed by atoms with van der Waals surface area (Å²) in [5, 5.41) is 10.7. The minimum Gasteiger partial charge on any atom is -0.481 e. The first-order chi connectivity index (χ1) is 18.1. The van der Waals surface area contributed by atoms with Crippen molar-refractivity contribution >= 4 is 62.9 Å². The van der Waals surface area contributed by atoms with Gasteiger partial charge in [0.25, 0.3) is 0 Å². The molecule has 0 saturated heterocycles. The van der Waals surface area contributed by atoms with E-state index in [2.05, 4.69) is 20.9 Å². The number of aliphatic carboxylic acids is 1. The topological polar surface area (TPSA) is 49.7 Å². The van der Waals surface area contributed by atoms with Gasteiger partial charge in [-0.3, -0.25) is 9.79 Å². The predicted octanol–water partition coefficient (Wildman–Crippen LogP) is 9.88. The van der Waals surface area contributed by atoms with Gasteiger partial charge in [0, 0.05) is 6.21 Å². The van der Waals surface area contributed by atoms with Crippen molar-refractivity contribution in [3.8, 4) is 0 Å². The highest BCUT2D eigenvalue weighted by molar-refractivity contribution is 9.10. The number of rotatable bonds is 5. The maximum Gasteiger partial charge on any atom is 0.404 e. The zero-order valence-electron chi connectivity index (χ0n) is 21.4. The van der Waals surface area contributed by atoms with Gasteiger partial charge < -0.3 is 5.11 Å². The summed E-state index contributed by atoms with van der Waals surface area (Å²) in [6.07, 6.45) is -2.62. The van der Waals surface area contributed by atoms with Gasteiger partial charge >= 0.3 is 12.1 Å². The van der Waals surface area contributed by atoms with Crippen LogP contribution in [0.3, 0.4) is 0 Å². The van der Waals surface area contributed by atoms with Crippen LogP contribution in [0.5, 0.6) is 0 Å². The second-order valence-corrected chi connectivity index (χ2v) is 13.0. The third kappa shape index (κ3) is 4.26. The average molecular weight is 672 g/mol. The molecule has 1 saturated carbocycles. The molecule has 2 aromatic rings. The van der Waals surface area contributed by atoms with Crippen molar-refractivity contribution in [3.05, 3.63) is 66.8 Å². The molecule has 39 heavy (non-hydrogen) atoms. The van der Waals surface area contributed by atoms with E-state index in [4.69, 9.17) is 34.8 Å². The molecule has 3 nitrogen and oxygen atoms in total. The number of carbonyl (C=O) groups is 1. The number of benzene rings is 2. The summed E-state index contributed by atoms with van der Waals surface area (Å²) in [5.74, 6) is -4.00. The normalized spacial score (nSPS) is 31.2. The van der Waals surface area contributed by atoms with Crippen LogP contribution in [0.4, 0.5) is 17.6 Å². The van der Waals surface area contributed by atoms with Crippen LogP contribution < -0.4 is 0 Å². The van der Waals surface area contributed by atoms with Crippen LogP contribution >= 0.6 is 50.7 Å². The molecule has 11 heteroatoms. The molecule has 2 aliphatic rings. The number of halogens is 8. The summed E-state index contributed by atoms with van der Waals surface area (Å²) in [6.45, 7) is 5.20. The van der Waals surface area contributed by atoms with E-state index in [0.29, 0.717) is 6.42 Å². The molecule has 212 valence electrons. The van der Waals surface area contributed by atoms with E-state index in [1.165, 1.54) is 12.1 Å². The lowest BCUT2D eigenvalue weighted by Crippen LogP contribution is -2.69. The Morgan fingerprint density at radius 1 is 1.10 bits per heavy atom. The Balaban J connectivity index is 2.25. The van der Waals surface area contributed by atoms with Gasteiger partial charge in [-0.15, -0.1) is 0 Å². The lowest BCUT2D eigenvalue weighted by atomic mass is 9.43. The number of nitrogens with zero attached hydrogens (tertiary/aromatic N) is 1. The van der Waals surface area contributed by atoms with Crippen molar-refractivity contribution in [2.24, 2.45) is 28.2 Å². The largest absolute Gasteiger partial charge is 0.481 e. The van der Waals surface area contributed by atoms with Crippen LogP contribution in [0, 0.1) is 29.0 Å². The van der Waals surface area contributed by atoms with E-state index >= 15 is 13.2 Å². The summed E-state index contributed by atoms with van der Waals surface area (Å²) in [5.41, 5.74) is -7.96. The molecule has 0 aromatic heterocycles. The SMILES string of the molecule is CC1CCCC(C2(C(=O)O)C(c3ccc(F)c(Br)c3)(C(C)C)N=CC2(c2cc(Cl)c(Cl)c(Cl)c2)C(F)(F)F)C1. The molecule has 1 heterocycles. The monoisotopic (exact) mass is 669 g/mol. The van der Waals surface area contributed by atoms with E-state index in [1.807, 2.05) is 6.92 Å². The molecule has 4 rings (SSSR count). The average Bonchev–Trinajstić information content (AvgIpc) is 3.19. The fourth-order valence-electron chi connectivity index (χ4n) is 7.19. The lowest BCUT2D eigenvalue weighted by molar-refractivity contribution is -0.232. The molecule has 1 fully saturated rings. The van der Waals surface area contributed by atoms with E-state index in [0.717, 1.165) is 30.8 Å². The lowest BCUT2D eigenvalue weighted by Gasteiger charge is -2.57. The van der Waals surface area contributed by atoms with Gasteiger partial charge in [0.15, 0.2) is 0 Å². The summed E-state index contributed by atoms with van der Waals surface area (Å²) in [4.78, 5) is 18.5. The standard InChI is InChI=1S/C28H27BrCl3F4NO2/c1-14(2)27(17-7-8-22(33)19(29)10-17)26(24(38)39,16-6-4-5-15(3)9-16)25(13-37-27,28(34,35)36)18-11-20(30)23(32)21(31)12-18/h7-8,10-16H,4-6,9H2,1-3H3,(H,38,39). The molecule has 0 amide bonds. The predicted molar refractivity (Wildman–Crippen MR) is 150 cm³/mol. The van der Waals surface area contributed by atoms with Crippen LogP contribution in [-0.2, 0) is 15.7 Å². The van der Waals surface area contributed by atoms with Crippen molar-refractivity contribution in [2.75, 3.05) is 0 Å². The molecule has 0 spiro atoms. The molecule has 1 N–H and O–H groups in total. The highest BCUT2D eigenvalue weighted by atomic mass is 79.9. The van der Waals surface area contributed by atoms with E-state index in [9.17, 15) is 14.3 Å². The Labute approximate surface area is 248 Å². The minimum absolute atomic E-state index is 0.00591. The zero-order chi connectivity index (χ0) is 29.1. The summed E-state index contributed by atoms with van der Waals surface area (Å²) in [7, 11) is 0. The molecule has 1 aliphatic heterocycles. The van der Waals surface area contributed by atoms with Gasteiger partial charge in [-0.1, -0.05) is 74.5 Å². The van der Waals surface area contributed by atoms with E-state index in [1.54, 1.807) is 13.8 Å². The molecular weight excluding hydrogens is 645 g/mol. The number of carboxylic acid groups (broad SMARTS) is 1. The van der Waals surface area contributed by atoms with Crippen molar-refractivity contribution in [3.63, 3.8) is 0 Å². The molecule has 5 unspecified atom stereocenters. The molecule has 0 radical (unpaired) electrons. The van der Waals surface area contributed by atoms with Gasteiger partial charge in [-0.25, -0.2) is 4.39 Å². The number of hydrogen-bond donors (Lipinski definition) is 1. The van der Waals surface area contributed by atoms with Gasteiger partial charge in [0.05, 0.1) is 19.5 Å². The van der Waals surface area contributed by atoms with Crippen LogP contribution in [0.1, 0.15) is 57.6 Å². The fourth-order valence-corrected chi connectivity index (χ4v) is 8.16. The first-order valence-electron chi connectivity index (χ1n) is 12.5. The fraction of sp³-hybridized carbons (Fsp3) is 0.500. The molecule has 0 bridgehead atoms. The zero-order valence-corrected chi connectivity index (χ0v) is 25.2. The van der Waals surface area contributed by atoms with Gasteiger partial charge in [0.2, 0.25) is 0 Å². The van der Waals surface area contributed by atoms with Crippen molar-refractivity contribution < 1.29 is 27.5 Å². The number of alkyl halides is 3. The summed E-state index contributed by atoms with van der Waals surface area (Å²) in [6, 6.07) is 5.85. The van der Waals surface area contributed by atoms with Crippen LogP contribution in [0.15, 0.2) is 39.8 Å². The maximum absolute atomic E-state index is 15.9. The third-order valence-corrected chi connectivity index (χ3v) is 10.5. The Hall–Kier alpha value is -1.35. The Bertz CT molecular complexity index is 1310. The first-order valence-corrected chi connectivity index (χ1v) is 14.5. The maximum atomic E-state index is 15.9. The summed E-state index contributed by atoms with van der Waals surface area (Å²) >= 11 is 21.8. The van der Waals surface area contributed by atoms with Crippen LogP contribution in [0.2, 0.25) is 15.1 Å². The quantitative estimate of drug-likeness (QED) is 0.254. The third-order valence-electron chi connectivity index (χ3n) is 8.65. The van der Waals surface area contributed by atoms with E-state index < -0.39 is 51.7 Å². The van der Waals surface area contributed by atoms with Crippen molar-refractivity contribution in [1.29, 1.82) is 0 Å². The highest BCUT2D eigenvalue weighted by Crippen LogP contribution is 2.71. The number of carboxylic acids is 1. The minimum atomic E-state index is -5.15. The number of aliphatic imine (C=N–C) groups is 1. The first kappa shape index (κ1) is 30.6. The number of hydrogen-bond acceptors (Lipinski definition) is 2. The second-order valence-electron chi connectivity index (χ2n) is 10.9. The van der Waals surface area contributed by atoms with Crippen molar-refractivity contribution in [1.82, 2.24) is 0 Å².